The van der Waals surface area contributed by atoms with Crippen LogP contribution in [0.1, 0.15) is 45.6 Å². The Morgan fingerprint density at radius 1 is 1.48 bits per heavy atom. The number of terminal acetylenes is 1. The fourth-order valence-corrected chi connectivity index (χ4v) is 3.37. The minimum atomic E-state index is -0.212. The molecule has 120 valence electrons. The number of anilines is 1. The lowest BCUT2D eigenvalue weighted by Gasteiger charge is -2.13. The quantitative estimate of drug-likeness (QED) is 0.798. The van der Waals surface area contributed by atoms with Crippen molar-refractivity contribution in [1.82, 2.24) is 10.3 Å². The smallest absolute Gasteiger partial charge is 0.253 e. The normalized spacial score (nSPS) is 11.6. The van der Waals surface area contributed by atoms with Crippen LogP contribution >= 0.6 is 11.3 Å². The fraction of sp³-hybridized carbons (Fsp3) is 0.333. The monoisotopic (exact) mass is 327 g/mol. The van der Waals surface area contributed by atoms with Crippen LogP contribution in [0.25, 0.3) is 0 Å². The largest absolute Gasteiger partial charge is 0.363 e. The van der Waals surface area contributed by atoms with Gasteiger partial charge < -0.3 is 10.6 Å². The van der Waals surface area contributed by atoms with Crippen molar-refractivity contribution in [3.05, 3.63) is 45.3 Å². The summed E-state index contributed by atoms with van der Waals surface area (Å²) in [5.41, 5.74) is 1.84. The molecule has 2 N–H and O–H groups in total. The number of hydrogen-bond acceptors (Lipinski definition) is 4. The van der Waals surface area contributed by atoms with Crippen molar-refractivity contribution in [2.75, 3.05) is 11.9 Å². The maximum atomic E-state index is 11.8. The van der Waals surface area contributed by atoms with Gasteiger partial charge in [0.25, 0.3) is 5.91 Å². The molecule has 4 nitrogen and oxygen atoms in total. The van der Waals surface area contributed by atoms with Crippen LogP contribution in [0.4, 0.5) is 5.82 Å². The predicted molar refractivity (Wildman–Crippen MR) is 95.9 cm³/mol. The number of aryl methyl sites for hydroxylation is 2. The van der Waals surface area contributed by atoms with Crippen LogP contribution < -0.4 is 10.6 Å². The van der Waals surface area contributed by atoms with Gasteiger partial charge in [0.2, 0.25) is 0 Å². The molecule has 23 heavy (non-hydrogen) atoms. The molecular formula is C18H21N3OS. The average molecular weight is 327 g/mol. The lowest BCUT2D eigenvalue weighted by Crippen LogP contribution is -2.23. The van der Waals surface area contributed by atoms with Gasteiger partial charge in [-0.3, -0.25) is 4.79 Å². The highest BCUT2D eigenvalue weighted by atomic mass is 32.1. The van der Waals surface area contributed by atoms with Crippen molar-refractivity contribution in [1.29, 1.82) is 0 Å². The van der Waals surface area contributed by atoms with E-state index in [1.807, 2.05) is 17.4 Å². The molecule has 2 rings (SSSR count). The van der Waals surface area contributed by atoms with Gasteiger partial charge in [-0.05, 0) is 44.0 Å². The van der Waals surface area contributed by atoms with Gasteiger partial charge in [0.1, 0.15) is 5.82 Å². The third-order valence-corrected chi connectivity index (χ3v) is 5.09. The number of carbonyl (C=O) groups excluding carboxylic acids is 1. The van der Waals surface area contributed by atoms with Gasteiger partial charge >= 0.3 is 0 Å². The molecule has 0 saturated heterocycles. The van der Waals surface area contributed by atoms with Crippen LogP contribution in [0, 0.1) is 19.3 Å². The summed E-state index contributed by atoms with van der Waals surface area (Å²) in [4.78, 5) is 18.8. The van der Waals surface area contributed by atoms with E-state index in [1.54, 1.807) is 12.3 Å². The first-order chi connectivity index (χ1) is 11.0. The van der Waals surface area contributed by atoms with Gasteiger partial charge in [-0.1, -0.05) is 12.8 Å². The number of nitrogens with one attached hydrogen (secondary N) is 2. The fourth-order valence-electron chi connectivity index (χ4n) is 2.25. The second kappa shape index (κ2) is 7.80. The predicted octanol–water partition coefficient (Wildman–Crippen LogP) is 3.55. The van der Waals surface area contributed by atoms with Crippen LogP contribution in [-0.2, 0) is 6.42 Å². The van der Waals surface area contributed by atoms with Crippen LogP contribution in [0.2, 0.25) is 0 Å². The molecule has 0 radical (unpaired) electrons. The van der Waals surface area contributed by atoms with Crippen molar-refractivity contribution >= 4 is 23.1 Å². The molecule has 5 heteroatoms. The Bertz CT molecular complexity index is 713. The van der Waals surface area contributed by atoms with Crippen LogP contribution in [-0.4, -0.2) is 17.4 Å². The molecule has 0 saturated carbocycles. The number of thiophene rings is 1. The molecular weight excluding hydrogens is 306 g/mol. The van der Waals surface area contributed by atoms with Crippen molar-refractivity contribution in [2.45, 2.75) is 33.2 Å². The number of nitrogens with zero attached hydrogens (tertiary/aromatic N) is 1. The minimum Gasteiger partial charge on any atom is -0.363 e. The van der Waals surface area contributed by atoms with Crippen LogP contribution in [0.3, 0.4) is 0 Å². The first-order valence-electron chi connectivity index (χ1n) is 7.58. The molecule has 0 aromatic carbocycles. The molecule has 1 amide bonds. The molecule has 1 atom stereocenters. The molecule has 0 aliphatic carbocycles. The average Bonchev–Trinajstić information content (AvgIpc) is 2.94. The number of hydrogen-bond donors (Lipinski definition) is 2. The zero-order valence-electron chi connectivity index (χ0n) is 13.6. The Balaban J connectivity index is 2.02. The van der Waals surface area contributed by atoms with Gasteiger partial charge in [-0.2, -0.15) is 0 Å². The highest BCUT2D eigenvalue weighted by Crippen LogP contribution is 2.29. The number of amides is 1. The van der Waals surface area contributed by atoms with E-state index in [1.165, 1.54) is 15.3 Å². The summed E-state index contributed by atoms with van der Waals surface area (Å²) in [6, 6.07) is 5.95. The summed E-state index contributed by atoms with van der Waals surface area (Å²) in [7, 11) is 0. The highest BCUT2D eigenvalue weighted by Gasteiger charge is 2.12. The third kappa shape index (κ3) is 4.33. The lowest BCUT2D eigenvalue weighted by molar-refractivity contribution is 0.0958. The molecule has 2 heterocycles. The van der Waals surface area contributed by atoms with E-state index >= 15 is 0 Å². The Labute approximate surface area is 141 Å². The summed E-state index contributed by atoms with van der Waals surface area (Å²) in [6.07, 6.45) is 7.73. The van der Waals surface area contributed by atoms with Crippen LogP contribution in [0.5, 0.6) is 0 Å². The second-order valence-corrected chi connectivity index (χ2v) is 6.46. The van der Waals surface area contributed by atoms with Crippen molar-refractivity contribution in [3.8, 4) is 12.3 Å². The zero-order valence-corrected chi connectivity index (χ0v) is 14.5. The number of aromatic nitrogens is 1. The Hall–Kier alpha value is -2.32. The lowest BCUT2D eigenvalue weighted by atomic mass is 10.2. The summed E-state index contributed by atoms with van der Waals surface area (Å²) in [5, 5.41) is 5.98. The first-order valence-corrected chi connectivity index (χ1v) is 8.40. The Kier molecular flexibility index (Phi) is 5.78. The molecule has 1 unspecified atom stereocenters. The van der Waals surface area contributed by atoms with Crippen molar-refractivity contribution in [3.63, 3.8) is 0 Å². The highest BCUT2D eigenvalue weighted by molar-refractivity contribution is 7.12. The second-order valence-electron chi connectivity index (χ2n) is 5.29. The molecule has 0 bridgehead atoms. The van der Waals surface area contributed by atoms with E-state index in [-0.39, 0.29) is 18.5 Å². The van der Waals surface area contributed by atoms with Gasteiger partial charge in [-0.15, -0.1) is 17.8 Å². The molecule has 2 aromatic heterocycles. The summed E-state index contributed by atoms with van der Waals surface area (Å²) in [6.45, 7) is 6.65. The Morgan fingerprint density at radius 2 is 2.26 bits per heavy atom. The van der Waals surface area contributed by atoms with Crippen molar-refractivity contribution in [2.24, 2.45) is 0 Å². The van der Waals surface area contributed by atoms with E-state index in [0.717, 1.165) is 12.2 Å². The van der Waals surface area contributed by atoms with E-state index in [4.69, 9.17) is 6.42 Å². The molecule has 0 aliphatic rings. The first kappa shape index (κ1) is 17.0. The standard InChI is InChI=1S/C18H21N3OS/c1-5-9-19-18(22)14-7-8-17(20-11-14)21-13(4)16-10-12(3)15(6-2)23-16/h1,7-8,10-11,13H,6,9H2,2-4H3,(H,19,22)(H,20,21). The maximum Gasteiger partial charge on any atom is 0.253 e. The van der Waals surface area contributed by atoms with Gasteiger partial charge in [0, 0.05) is 16.0 Å². The van der Waals surface area contributed by atoms with E-state index in [0.29, 0.717) is 5.56 Å². The van der Waals surface area contributed by atoms with E-state index < -0.39 is 0 Å². The van der Waals surface area contributed by atoms with Gasteiger partial charge in [0.05, 0.1) is 18.2 Å². The molecule has 0 spiro atoms. The summed E-state index contributed by atoms with van der Waals surface area (Å²) < 4.78 is 0. The van der Waals surface area contributed by atoms with E-state index in [9.17, 15) is 4.79 Å². The molecule has 0 aliphatic heterocycles. The number of carbonyl (C=O) groups is 1. The SMILES string of the molecule is C#CCNC(=O)c1ccc(NC(C)c2cc(C)c(CC)s2)nc1. The number of rotatable bonds is 6. The third-order valence-electron chi connectivity index (χ3n) is 3.53. The Morgan fingerprint density at radius 3 is 2.83 bits per heavy atom. The molecule has 0 fully saturated rings. The van der Waals surface area contributed by atoms with Crippen molar-refractivity contribution < 1.29 is 4.79 Å². The summed E-state index contributed by atoms with van der Waals surface area (Å²) in [5.74, 6) is 2.91. The molecule has 2 aromatic rings. The number of pyridine rings is 1. The minimum absolute atomic E-state index is 0.174. The summed E-state index contributed by atoms with van der Waals surface area (Å²) >= 11 is 1.83. The van der Waals surface area contributed by atoms with Crippen LogP contribution in [0.15, 0.2) is 24.4 Å². The maximum absolute atomic E-state index is 11.8. The van der Waals surface area contributed by atoms with E-state index in [2.05, 4.69) is 48.4 Å². The topological polar surface area (TPSA) is 54.0 Å². The van der Waals surface area contributed by atoms with Gasteiger partial charge in [0.15, 0.2) is 0 Å². The zero-order chi connectivity index (χ0) is 16.8. The van der Waals surface area contributed by atoms with Gasteiger partial charge in [-0.25, -0.2) is 4.98 Å².